The van der Waals surface area contributed by atoms with Gasteiger partial charge in [-0.15, -0.1) is 0 Å². The molecule has 10 bridgehead atoms. The summed E-state index contributed by atoms with van der Waals surface area (Å²) in [7, 11) is 1.90. The Balaban J connectivity index is 1.06. The van der Waals surface area contributed by atoms with E-state index in [2.05, 4.69) is 34.3 Å². The molecule has 91 heavy (non-hydrogen) atoms. The van der Waals surface area contributed by atoms with Crippen molar-refractivity contribution < 1.29 is 78.6 Å². The van der Waals surface area contributed by atoms with Gasteiger partial charge in [-0.2, -0.15) is 0 Å². The molecule has 13 rings (SSSR count). The zero-order valence-electron chi connectivity index (χ0n) is 51.1. The number of guanidine groups is 1. The Kier molecular flexibility index (Phi) is 16.6. The van der Waals surface area contributed by atoms with Crippen LogP contribution in [0.4, 0.5) is 0 Å². The van der Waals surface area contributed by atoms with Gasteiger partial charge in [-0.25, -0.2) is 0 Å². The van der Waals surface area contributed by atoms with E-state index < -0.39 is 109 Å². The highest BCUT2D eigenvalue weighted by Gasteiger charge is 2.69. The molecule has 480 valence electrons. The van der Waals surface area contributed by atoms with Gasteiger partial charge in [-0.1, -0.05) is 66.5 Å². The smallest absolute Gasteiger partial charge is 0.308 e. The number of ether oxygens (including phenoxy) is 5. The monoisotopic (exact) mass is 1250 g/mol. The van der Waals surface area contributed by atoms with Crippen LogP contribution in [0, 0.1) is 46.8 Å². The summed E-state index contributed by atoms with van der Waals surface area (Å²) < 4.78 is 31.8. The molecule has 4 aromatic rings. The molecule has 5 fully saturated rings. The van der Waals surface area contributed by atoms with Crippen LogP contribution in [-0.2, 0) is 50.5 Å². The number of carbonyl (C=O) groups excluding carboxylic acids is 4. The lowest BCUT2D eigenvalue weighted by Crippen LogP contribution is -2.67. The predicted molar refractivity (Wildman–Crippen MR) is 332 cm³/mol. The second-order valence-corrected chi connectivity index (χ2v) is 26.8. The third-order valence-corrected chi connectivity index (χ3v) is 21.2. The first-order valence-electron chi connectivity index (χ1n) is 31.7. The van der Waals surface area contributed by atoms with Gasteiger partial charge in [0.05, 0.1) is 61.4 Å². The normalized spacial score (nSPS) is 32.9. The Hall–Kier alpha value is -7.17. The fourth-order valence-electron chi connectivity index (χ4n) is 17.9. The molecule has 4 aromatic carbocycles. The highest BCUT2D eigenvalue weighted by atomic mass is 16.7. The summed E-state index contributed by atoms with van der Waals surface area (Å²) in [4.78, 5) is 63.8. The number of aliphatic imine (C=N–C) groups is 1. The largest absolute Gasteiger partial charge is 0.507 e. The summed E-state index contributed by atoms with van der Waals surface area (Å²) in [5.74, 6) is -1.16. The van der Waals surface area contributed by atoms with Gasteiger partial charge in [-0.05, 0) is 159 Å². The summed E-state index contributed by atoms with van der Waals surface area (Å²) in [6.07, 6.45) is 4.57. The number of nitrogens with one attached hydrogen (secondary N) is 1. The van der Waals surface area contributed by atoms with Crippen molar-refractivity contribution in [3.05, 3.63) is 133 Å². The van der Waals surface area contributed by atoms with Crippen molar-refractivity contribution in [2.24, 2.45) is 57.2 Å². The molecule has 14 N–H and O–H groups in total. The molecule has 3 saturated carbocycles. The van der Waals surface area contributed by atoms with Crippen LogP contribution >= 0.6 is 0 Å². The Bertz CT molecular complexity index is 3810. The van der Waals surface area contributed by atoms with Gasteiger partial charge in [0.25, 0.3) is 0 Å². The number of aldehydes is 1. The number of ketones is 2. The summed E-state index contributed by atoms with van der Waals surface area (Å²) >= 11 is 0. The lowest BCUT2D eigenvalue weighted by Gasteiger charge is -2.65. The number of aromatic hydroxyl groups is 1. The Morgan fingerprint density at radius 1 is 0.945 bits per heavy atom. The molecule has 3 heterocycles. The zero-order chi connectivity index (χ0) is 64.2. The van der Waals surface area contributed by atoms with Crippen molar-refractivity contribution in [3.63, 3.8) is 0 Å². The third-order valence-electron chi connectivity index (χ3n) is 21.2. The molecule has 21 nitrogen and oxygen atoms in total. The van der Waals surface area contributed by atoms with Crippen molar-refractivity contribution in [3.8, 4) is 29.1 Å². The number of aliphatic hydroxyl groups excluding tert-OH is 3. The quantitative estimate of drug-likeness (QED) is 0.00918. The van der Waals surface area contributed by atoms with Crippen molar-refractivity contribution in [1.29, 1.82) is 0 Å². The molecule has 16 unspecified atom stereocenters. The topological polar surface area (TPSA) is 358 Å². The van der Waals surface area contributed by atoms with Crippen molar-refractivity contribution in [1.82, 2.24) is 5.32 Å². The maximum absolute atomic E-state index is 16.3. The summed E-state index contributed by atoms with van der Waals surface area (Å²) in [6.45, 7) is 1.70. The fraction of sp³-hybridized carbons (Fsp3) is 0.500. The Morgan fingerprint density at radius 3 is 2.51 bits per heavy atom. The number of carbonyl (C=O) groups is 4. The molecule has 0 amide bonds. The van der Waals surface area contributed by atoms with E-state index in [-0.39, 0.29) is 135 Å². The minimum Gasteiger partial charge on any atom is -0.507 e. The first-order valence-corrected chi connectivity index (χ1v) is 31.7. The maximum Gasteiger partial charge on any atom is 0.308 e. The molecule has 1 spiro atoms. The minimum atomic E-state index is -3.13. The molecule has 16 atom stereocenters. The van der Waals surface area contributed by atoms with Gasteiger partial charge in [-0.3, -0.25) is 24.2 Å². The van der Waals surface area contributed by atoms with Crippen LogP contribution < -0.4 is 32.0 Å². The number of hydrogen-bond acceptors (Lipinski definition) is 19. The maximum atomic E-state index is 16.3. The van der Waals surface area contributed by atoms with Crippen LogP contribution in [0.5, 0.6) is 17.2 Å². The molecular formula is C70H79N5O16. The SMILES string of the molecule is CNCC1CC2CC34CC5C=CC(CC6C3c3ccc(Cc7c(O)c8c9c(c7OC7OC(C)C(O)C(O)(O)C7OCCN=C(N)N)CC#CC(N)CCC(O)Cc7cccc(c7)C=Cc7c(OC(C)=O)cc(CO)c(c7C9=O)C8=O)c(C=O)c3C(O)(C1)C26)C(C4)O5. The van der Waals surface area contributed by atoms with Crippen LogP contribution in [0.2, 0.25) is 0 Å². The van der Waals surface area contributed by atoms with E-state index in [0.29, 0.717) is 29.7 Å². The van der Waals surface area contributed by atoms with Gasteiger partial charge < -0.3 is 81.9 Å². The first-order chi connectivity index (χ1) is 43.6. The Morgan fingerprint density at radius 2 is 1.75 bits per heavy atom. The van der Waals surface area contributed by atoms with Crippen LogP contribution in [-0.4, -0.2) is 147 Å². The van der Waals surface area contributed by atoms with Gasteiger partial charge in [0, 0.05) is 64.6 Å². The standard InChI is InChI=1S/C70H79N5O16/c1-33-64(83)70(85,86)65(87-19-18-75-67(72)73)66(88-33)91-63-46-9-5-8-42(71)13-14-43(79)22-36-7-4-6-35(20-36)10-16-45-51(89-34(2)78)25-41(31-76)53-54(45)62(82)55(46)56(61(53)81)60(80)49(63)23-38-12-17-47-58-48-24-39-11-15-44-28-68(58,29-52(39)90-44)27-40-21-37(30-74-3)26-69(84,57(40)48)59(47)50(38)32-77/h4,6-7,10-12,15-17,20,25,32-33,37,39-40,42-44,48,52,57-58,64-66,74,76,79-80,83-86H,9,13-14,18-19,21-24,26-31,71H2,1-3H3,(H4,72,73,75). The lowest BCUT2D eigenvalue weighted by molar-refractivity contribution is -0.378. The van der Waals surface area contributed by atoms with Crippen molar-refractivity contribution in [2.75, 3.05) is 26.7 Å². The van der Waals surface area contributed by atoms with Crippen LogP contribution in [0.15, 0.2) is 59.6 Å². The van der Waals surface area contributed by atoms with Crippen molar-refractivity contribution >= 4 is 41.9 Å². The van der Waals surface area contributed by atoms with Crippen LogP contribution in [0.3, 0.4) is 0 Å². The summed E-state index contributed by atoms with van der Waals surface area (Å²) in [5, 5.41) is 88.5. The average Bonchev–Trinajstić information content (AvgIpc) is 1.67. The number of nitrogens with two attached hydrogens (primary N) is 3. The molecular weight excluding hydrogens is 1170 g/mol. The van der Waals surface area contributed by atoms with E-state index in [0.717, 1.165) is 56.4 Å². The number of aliphatic hydroxyl groups is 6. The predicted octanol–water partition coefficient (Wildman–Crippen LogP) is 3.84. The number of esters is 1. The van der Waals surface area contributed by atoms with Gasteiger partial charge in [0.2, 0.25) is 12.1 Å². The highest BCUT2D eigenvalue weighted by Crippen LogP contribution is 2.74. The van der Waals surface area contributed by atoms with Crippen molar-refractivity contribution in [2.45, 2.75) is 157 Å². The molecule has 0 aromatic heterocycles. The number of rotatable bonds is 13. The molecule has 21 heteroatoms. The molecule has 0 radical (unpaired) electrons. The number of phenols is 1. The zero-order valence-corrected chi connectivity index (χ0v) is 51.1. The minimum absolute atomic E-state index is 0.0168. The van der Waals surface area contributed by atoms with Gasteiger partial charge >= 0.3 is 5.97 Å². The first kappa shape index (κ1) is 62.6. The number of benzene rings is 4. The number of nitrogens with zero attached hydrogens (tertiary/aromatic N) is 1. The molecule has 6 aliphatic carbocycles. The molecule has 3 aliphatic heterocycles. The number of hydrogen-bond donors (Lipinski definition) is 11. The Labute approximate surface area is 526 Å². The molecule has 9 aliphatic rings. The third kappa shape index (κ3) is 10.7. The lowest BCUT2D eigenvalue weighted by atomic mass is 9.40. The van der Waals surface area contributed by atoms with Gasteiger partial charge in [0.15, 0.2) is 29.9 Å². The number of fused-ring (bicyclic) bond motifs is 5. The van der Waals surface area contributed by atoms with E-state index in [9.17, 15) is 45.3 Å². The highest BCUT2D eigenvalue weighted by molar-refractivity contribution is 6.32. The summed E-state index contributed by atoms with van der Waals surface area (Å²) in [6, 6.07) is 11.5. The van der Waals surface area contributed by atoms with Gasteiger partial charge in [0.1, 0.15) is 23.4 Å². The van der Waals surface area contributed by atoms with E-state index in [4.69, 9.17) is 40.9 Å². The average molecular weight is 1250 g/mol. The fourth-order valence-corrected chi connectivity index (χ4v) is 17.9. The molecule has 2 saturated heterocycles. The van der Waals surface area contributed by atoms with Crippen LogP contribution in [0.1, 0.15) is 163 Å². The van der Waals surface area contributed by atoms with E-state index in [1.165, 1.54) is 19.1 Å². The number of phenolic OH excluding ortho intramolecular Hbond substituents is 1. The second-order valence-electron chi connectivity index (χ2n) is 26.8. The second kappa shape index (κ2) is 24.1. The van der Waals surface area contributed by atoms with E-state index in [1.54, 1.807) is 24.3 Å². The van der Waals surface area contributed by atoms with E-state index >= 15 is 9.59 Å². The van der Waals surface area contributed by atoms with Crippen LogP contribution in [0.25, 0.3) is 12.2 Å². The summed E-state index contributed by atoms with van der Waals surface area (Å²) in [5.41, 5.74) is 17.4. The van der Waals surface area contributed by atoms with E-state index in [1.807, 2.05) is 25.2 Å².